The first-order valence-corrected chi connectivity index (χ1v) is 6.65. The highest BCUT2D eigenvalue weighted by Gasteiger charge is 2.09. The Labute approximate surface area is 118 Å². The van der Waals surface area contributed by atoms with Crippen molar-refractivity contribution in [3.05, 3.63) is 35.6 Å². The van der Waals surface area contributed by atoms with E-state index in [1.165, 1.54) is 24.3 Å². The van der Waals surface area contributed by atoms with Crippen LogP contribution >= 0.6 is 0 Å². The fourth-order valence-corrected chi connectivity index (χ4v) is 1.70. The number of hydrogen-bond donors (Lipinski definition) is 2. The molecule has 0 aliphatic heterocycles. The van der Waals surface area contributed by atoms with E-state index < -0.39 is 5.82 Å². The van der Waals surface area contributed by atoms with Crippen LogP contribution in [0.15, 0.2) is 24.3 Å². The van der Waals surface area contributed by atoms with Gasteiger partial charge in [-0.05, 0) is 32.0 Å². The molecular weight excluding hydrogens is 261 g/mol. The average Bonchev–Trinajstić information content (AvgIpc) is 2.44. The van der Waals surface area contributed by atoms with Crippen molar-refractivity contribution < 1.29 is 14.0 Å². The van der Waals surface area contributed by atoms with E-state index in [9.17, 15) is 14.0 Å². The summed E-state index contributed by atoms with van der Waals surface area (Å²) >= 11 is 0. The Hall–Kier alpha value is -2.11. The minimum atomic E-state index is -0.451. The normalized spacial score (nSPS) is 9.95. The summed E-state index contributed by atoms with van der Waals surface area (Å²) in [5, 5.41) is 5.32. The highest BCUT2D eigenvalue weighted by Crippen LogP contribution is 2.02. The molecule has 0 spiro atoms. The Morgan fingerprint density at radius 2 is 1.80 bits per heavy atom. The molecular formula is C14H20FN3O2. The summed E-state index contributed by atoms with van der Waals surface area (Å²) < 4.78 is 12.9. The Bertz CT molecular complexity index is 461. The number of rotatable bonds is 6. The van der Waals surface area contributed by atoms with E-state index in [2.05, 4.69) is 10.6 Å². The highest BCUT2D eigenvalue weighted by molar-refractivity contribution is 5.94. The van der Waals surface area contributed by atoms with Crippen LogP contribution in [0, 0.1) is 5.82 Å². The van der Waals surface area contributed by atoms with Crippen molar-refractivity contribution in [1.82, 2.24) is 15.5 Å². The van der Waals surface area contributed by atoms with Crippen molar-refractivity contribution in [3.63, 3.8) is 0 Å². The van der Waals surface area contributed by atoms with E-state index in [-0.39, 0.29) is 17.5 Å². The summed E-state index contributed by atoms with van der Waals surface area (Å²) in [6.07, 6.45) is 0. The van der Waals surface area contributed by atoms with Crippen LogP contribution in [-0.2, 0) is 0 Å². The van der Waals surface area contributed by atoms with Crippen LogP contribution < -0.4 is 10.6 Å². The molecule has 0 heterocycles. The molecule has 0 aromatic heterocycles. The first-order chi connectivity index (χ1) is 9.58. The second kappa shape index (κ2) is 8.14. The van der Waals surface area contributed by atoms with Crippen molar-refractivity contribution >= 4 is 11.9 Å². The van der Waals surface area contributed by atoms with Gasteiger partial charge in [0.2, 0.25) is 0 Å². The molecule has 1 aromatic carbocycles. The minimum absolute atomic E-state index is 0.157. The topological polar surface area (TPSA) is 61.4 Å². The van der Waals surface area contributed by atoms with Gasteiger partial charge in [-0.2, -0.15) is 0 Å². The number of nitrogens with one attached hydrogen (secondary N) is 2. The van der Waals surface area contributed by atoms with Crippen molar-refractivity contribution in [1.29, 1.82) is 0 Å². The van der Waals surface area contributed by atoms with Crippen molar-refractivity contribution in [2.45, 2.75) is 13.8 Å². The largest absolute Gasteiger partial charge is 0.350 e. The van der Waals surface area contributed by atoms with Crippen LogP contribution in [0.2, 0.25) is 0 Å². The molecule has 1 rings (SSSR count). The first kappa shape index (κ1) is 15.9. The molecule has 6 heteroatoms. The molecule has 1 aromatic rings. The van der Waals surface area contributed by atoms with Crippen LogP contribution in [0.1, 0.15) is 24.2 Å². The molecule has 20 heavy (non-hydrogen) atoms. The molecule has 0 aliphatic rings. The molecule has 110 valence electrons. The maximum atomic E-state index is 12.9. The van der Waals surface area contributed by atoms with Gasteiger partial charge in [-0.15, -0.1) is 0 Å². The van der Waals surface area contributed by atoms with Crippen LogP contribution in [0.25, 0.3) is 0 Å². The lowest BCUT2D eigenvalue weighted by Crippen LogP contribution is -2.42. The first-order valence-electron chi connectivity index (χ1n) is 6.65. The second-order valence-electron chi connectivity index (χ2n) is 4.17. The molecule has 0 atom stereocenters. The molecule has 2 N–H and O–H groups in total. The van der Waals surface area contributed by atoms with Crippen molar-refractivity contribution in [3.8, 4) is 0 Å². The zero-order chi connectivity index (χ0) is 15.0. The maximum Gasteiger partial charge on any atom is 0.317 e. The molecule has 0 aliphatic carbocycles. The van der Waals surface area contributed by atoms with Gasteiger partial charge in [-0.1, -0.05) is 6.07 Å². The van der Waals surface area contributed by atoms with Crippen LogP contribution in [0.4, 0.5) is 9.18 Å². The number of urea groups is 1. The molecule has 0 saturated heterocycles. The summed E-state index contributed by atoms with van der Waals surface area (Å²) in [7, 11) is 0. The van der Waals surface area contributed by atoms with Gasteiger partial charge in [0.05, 0.1) is 0 Å². The quantitative estimate of drug-likeness (QED) is 0.778. The highest BCUT2D eigenvalue weighted by atomic mass is 19.1. The SMILES string of the molecule is CCN(CC)C(=O)NCCNC(=O)c1cccc(F)c1. The van der Waals surface area contributed by atoms with Gasteiger partial charge in [0.15, 0.2) is 0 Å². The summed E-state index contributed by atoms with van der Waals surface area (Å²) in [5.41, 5.74) is 0.264. The zero-order valence-corrected chi connectivity index (χ0v) is 11.8. The molecule has 0 unspecified atom stereocenters. The number of halogens is 1. The maximum absolute atomic E-state index is 12.9. The monoisotopic (exact) mass is 281 g/mol. The lowest BCUT2D eigenvalue weighted by molar-refractivity contribution is 0.0953. The van der Waals surface area contributed by atoms with E-state index in [0.717, 1.165) is 0 Å². The van der Waals surface area contributed by atoms with Gasteiger partial charge in [0, 0.05) is 31.7 Å². The van der Waals surface area contributed by atoms with E-state index in [4.69, 9.17) is 0 Å². The summed E-state index contributed by atoms with van der Waals surface area (Å²) in [5.74, 6) is -0.811. The summed E-state index contributed by atoms with van der Waals surface area (Å²) in [6.45, 7) is 5.69. The van der Waals surface area contributed by atoms with Crippen molar-refractivity contribution in [2.75, 3.05) is 26.2 Å². The minimum Gasteiger partial charge on any atom is -0.350 e. The third-order valence-electron chi connectivity index (χ3n) is 2.82. The number of carbonyl (C=O) groups excluding carboxylic acids is 2. The van der Waals surface area contributed by atoms with Gasteiger partial charge in [0.1, 0.15) is 5.82 Å². The predicted octanol–water partition coefficient (Wildman–Crippen LogP) is 1.61. The van der Waals surface area contributed by atoms with Crippen LogP contribution in [-0.4, -0.2) is 43.0 Å². The number of benzene rings is 1. The number of nitrogens with zero attached hydrogens (tertiary/aromatic N) is 1. The van der Waals surface area contributed by atoms with Gasteiger partial charge >= 0.3 is 6.03 Å². The third kappa shape index (κ3) is 4.87. The van der Waals surface area contributed by atoms with Crippen molar-refractivity contribution in [2.24, 2.45) is 0 Å². The zero-order valence-electron chi connectivity index (χ0n) is 11.8. The Morgan fingerprint density at radius 3 is 2.40 bits per heavy atom. The van der Waals surface area contributed by atoms with Gasteiger partial charge in [-0.3, -0.25) is 4.79 Å². The van der Waals surface area contributed by atoms with Gasteiger partial charge < -0.3 is 15.5 Å². The fraction of sp³-hybridized carbons (Fsp3) is 0.429. The molecule has 0 bridgehead atoms. The van der Waals surface area contributed by atoms with E-state index in [1.807, 2.05) is 13.8 Å². The molecule has 0 saturated carbocycles. The fourth-order valence-electron chi connectivity index (χ4n) is 1.70. The van der Waals surface area contributed by atoms with Gasteiger partial charge in [-0.25, -0.2) is 9.18 Å². The molecule has 3 amide bonds. The summed E-state index contributed by atoms with van der Waals surface area (Å²) in [4.78, 5) is 25.0. The Kier molecular flexibility index (Phi) is 6.49. The third-order valence-corrected chi connectivity index (χ3v) is 2.82. The second-order valence-corrected chi connectivity index (χ2v) is 4.17. The molecule has 5 nitrogen and oxygen atoms in total. The Balaban J connectivity index is 2.31. The predicted molar refractivity (Wildman–Crippen MR) is 75.1 cm³/mol. The van der Waals surface area contributed by atoms with E-state index in [1.54, 1.807) is 4.90 Å². The van der Waals surface area contributed by atoms with Gasteiger partial charge in [0.25, 0.3) is 5.91 Å². The lowest BCUT2D eigenvalue weighted by Gasteiger charge is -2.19. The molecule has 0 fully saturated rings. The van der Waals surface area contributed by atoms with E-state index >= 15 is 0 Å². The lowest BCUT2D eigenvalue weighted by atomic mass is 10.2. The summed E-state index contributed by atoms with van der Waals surface area (Å²) in [6, 6.07) is 5.31. The smallest absolute Gasteiger partial charge is 0.317 e. The number of carbonyl (C=O) groups is 2. The number of amides is 3. The van der Waals surface area contributed by atoms with Crippen LogP contribution in [0.5, 0.6) is 0 Å². The Morgan fingerprint density at radius 1 is 1.15 bits per heavy atom. The van der Waals surface area contributed by atoms with E-state index in [0.29, 0.717) is 26.2 Å². The average molecular weight is 281 g/mol. The number of hydrogen-bond acceptors (Lipinski definition) is 2. The molecule has 0 radical (unpaired) electrons. The van der Waals surface area contributed by atoms with Crippen LogP contribution in [0.3, 0.4) is 0 Å². The standard InChI is InChI=1S/C14H20FN3O2/c1-3-18(4-2)14(20)17-9-8-16-13(19)11-6-5-7-12(15)10-11/h5-7,10H,3-4,8-9H2,1-2H3,(H,16,19)(H,17,20).